The van der Waals surface area contributed by atoms with Crippen LogP contribution >= 0.6 is 0 Å². The summed E-state index contributed by atoms with van der Waals surface area (Å²) in [4.78, 5) is 27.6. The van der Waals surface area contributed by atoms with E-state index >= 15 is 0 Å². The van der Waals surface area contributed by atoms with Gasteiger partial charge in [0, 0.05) is 48.1 Å². The van der Waals surface area contributed by atoms with Crippen LogP contribution in [0.2, 0.25) is 0 Å². The molecule has 0 saturated carbocycles. The van der Waals surface area contributed by atoms with Crippen LogP contribution in [0.1, 0.15) is 35.3 Å². The van der Waals surface area contributed by atoms with E-state index in [9.17, 15) is 14.9 Å². The van der Waals surface area contributed by atoms with Crippen molar-refractivity contribution in [1.82, 2.24) is 14.9 Å². The smallest absolute Gasteiger partial charge is 0.294 e. The van der Waals surface area contributed by atoms with Crippen molar-refractivity contribution in [2.24, 2.45) is 0 Å². The van der Waals surface area contributed by atoms with Crippen LogP contribution in [0.3, 0.4) is 0 Å². The lowest BCUT2D eigenvalue weighted by molar-refractivity contribution is -0.384. The Morgan fingerprint density at radius 3 is 2.94 bits per heavy atom. The molecular weight excluding hydrogens is 400 g/mol. The van der Waals surface area contributed by atoms with Crippen molar-refractivity contribution in [3.05, 3.63) is 75.9 Å². The SMILES string of the molecule is CCOc1cc2c(cc1CNC(=O)c1ccc(-n3ccnc3)c([N+](=O)[O-])c1)O[C@@H](C)C2. The highest BCUT2D eigenvalue weighted by molar-refractivity contribution is 5.95. The van der Waals surface area contributed by atoms with Gasteiger partial charge in [0.1, 0.15) is 23.3 Å². The first kappa shape index (κ1) is 20.4. The molecule has 1 amide bonds. The number of nitrogens with zero attached hydrogens (tertiary/aromatic N) is 3. The number of carbonyl (C=O) groups excluding carboxylic acids is 1. The van der Waals surface area contributed by atoms with Gasteiger partial charge in [-0.2, -0.15) is 0 Å². The van der Waals surface area contributed by atoms with Crippen LogP contribution in [-0.2, 0) is 13.0 Å². The van der Waals surface area contributed by atoms with Crippen LogP contribution in [0.5, 0.6) is 11.5 Å². The first-order chi connectivity index (χ1) is 15.0. The summed E-state index contributed by atoms with van der Waals surface area (Å²) in [5.74, 6) is 1.07. The monoisotopic (exact) mass is 422 g/mol. The third-order valence-electron chi connectivity index (χ3n) is 5.04. The fourth-order valence-corrected chi connectivity index (χ4v) is 3.62. The van der Waals surface area contributed by atoms with Gasteiger partial charge in [0.25, 0.3) is 11.6 Å². The molecule has 1 aliphatic heterocycles. The second kappa shape index (κ2) is 8.47. The molecule has 0 spiro atoms. The molecule has 160 valence electrons. The number of carbonyl (C=O) groups is 1. The van der Waals surface area contributed by atoms with Crippen molar-refractivity contribution in [3.63, 3.8) is 0 Å². The molecular formula is C22H22N4O5. The molecule has 0 radical (unpaired) electrons. The zero-order valence-corrected chi connectivity index (χ0v) is 17.2. The first-order valence-corrected chi connectivity index (χ1v) is 9.96. The Labute approximate surface area is 178 Å². The third-order valence-corrected chi connectivity index (χ3v) is 5.04. The molecule has 4 rings (SSSR count). The topological polar surface area (TPSA) is 109 Å². The number of amides is 1. The van der Waals surface area contributed by atoms with Gasteiger partial charge in [0.2, 0.25) is 0 Å². The number of nitrogens with one attached hydrogen (secondary N) is 1. The number of aromatic nitrogens is 2. The molecule has 0 fully saturated rings. The van der Waals surface area contributed by atoms with Crippen LogP contribution in [0.4, 0.5) is 5.69 Å². The molecule has 1 N–H and O–H groups in total. The minimum Gasteiger partial charge on any atom is -0.494 e. The van der Waals surface area contributed by atoms with Crippen molar-refractivity contribution in [2.75, 3.05) is 6.61 Å². The highest BCUT2D eigenvalue weighted by atomic mass is 16.6. The van der Waals surface area contributed by atoms with Gasteiger partial charge in [-0.3, -0.25) is 14.9 Å². The summed E-state index contributed by atoms with van der Waals surface area (Å²) in [7, 11) is 0. The van der Waals surface area contributed by atoms with Crippen LogP contribution < -0.4 is 14.8 Å². The lowest BCUT2D eigenvalue weighted by Crippen LogP contribution is -2.23. The van der Waals surface area contributed by atoms with Crippen molar-refractivity contribution in [2.45, 2.75) is 32.9 Å². The van der Waals surface area contributed by atoms with E-state index in [-0.39, 0.29) is 23.9 Å². The summed E-state index contributed by atoms with van der Waals surface area (Å²) in [6.07, 6.45) is 5.52. The zero-order chi connectivity index (χ0) is 22.0. The van der Waals surface area contributed by atoms with Crippen LogP contribution in [0.15, 0.2) is 49.1 Å². The van der Waals surface area contributed by atoms with Crippen molar-refractivity contribution in [3.8, 4) is 17.2 Å². The number of fused-ring (bicyclic) bond motifs is 1. The Morgan fingerprint density at radius 2 is 2.23 bits per heavy atom. The molecule has 0 saturated heterocycles. The van der Waals surface area contributed by atoms with E-state index in [0.717, 1.165) is 23.3 Å². The number of nitro groups is 1. The van der Waals surface area contributed by atoms with Gasteiger partial charge in [-0.25, -0.2) is 4.98 Å². The van der Waals surface area contributed by atoms with Gasteiger partial charge in [-0.05, 0) is 38.1 Å². The molecule has 2 heterocycles. The lowest BCUT2D eigenvalue weighted by Gasteiger charge is -2.13. The highest BCUT2D eigenvalue weighted by Crippen LogP contribution is 2.35. The molecule has 1 aromatic heterocycles. The minimum atomic E-state index is -0.516. The van der Waals surface area contributed by atoms with Crippen molar-refractivity contribution < 1.29 is 19.2 Å². The van der Waals surface area contributed by atoms with Gasteiger partial charge in [-0.1, -0.05) is 0 Å². The van der Waals surface area contributed by atoms with Crippen molar-refractivity contribution >= 4 is 11.6 Å². The predicted octanol–water partition coefficient (Wildman–Crippen LogP) is 3.43. The molecule has 1 atom stereocenters. The summed E-state index contributed by atoms with van der Waals surface area (Å²) in [6, 6.07) is 8.18. The van der Waals surface area contributed by atoms with Gasteiger partial charge in [0.15, 0.2) is 0 Å². The molecule has 1 aliphatic rings. The van der Waals surface area contributed by atoms with E-state index in [2.05, 4.69) is 10.3 Å². The Hall–Kier alpha value is -3.88. The average Bonchev–Trinajstić information content (AvgIpc) is 3.40. The fraction of sp³-hybridized carbons (Fsp3) is 0.273. The molecule has 3 aromatic rings. The third kappa shape index (κ3) is 4.20. The van der Waals surface area contributed by atoms with E-state index in [4.69, 9.17) is 9.47 Å². The normalized spacial score (nSPS) is 14.6. The second-order valence-corrected chi connectivity index (χ2v) is 7.25. The van der Waals surface area contributed by atoms with E-state index in [1.165, 1.54) is 29.2 Å². The molecule has 31 heavy (non-hydrogen) atoms. The Morgan fingerprint density at radius 1 is 1.39 bits per heavy atom. The fourth-order valence-electron chi connectivity index (χ4n) is 3.62. The van der Waals surface area contributed by atoms with E-state index in [1.807, 2.05) is 26.0 Å². The molecule has 9 heteroatoms. The zero-order valence-electron chi connectivity index (χ0n) is 17.2. The maximum atomic E-state index is 12.7. The predicted molar refractivity (Wildman–Crippen MR) is 113 cm³/mol. The average molecular weight is 422 g/mol. The van der Waals surface area contributed by atoms with Gasteiger partial charge in [-0.15, -0.1) is 0 Å². The summed E-state index contributed by atoms with van der Waals surface area (Å²) < 4.78 is 13.1. The minimum absolute atomic E-state index is 0.101. The van der Waals surface area contributed by atoms with E-state index in [1.54, 1.807) is 12.3 Å². The van der Waals surface area contributed by atoms with Crippen molar-refractivity contribution in [1.29, 1.82) is 0 Å². The largest absolute Gasteiger partial charge is 0.494 e. The van der Waals surface area contributed by atoms with E-state index in [0.29, 0.717) is 18.0 Å². The summed E-state index contributed by atoms with van der Waals surface area (Å²) in [5.41, 5.74) is 2.21. The number of hydrogen-bond donors (Lipinski definition) is 1. The lowest BCUT2D eigenvalue weighted by atomic mass is 10.1. The number of benzene rings is 2. The molecule has 0 bridgehead atoms. The molecule has 9 nitrogen and oxygen atoms in total. The first-order valence-electron chi connectivity index (χ1n) is 9.96. The number of ether oxygens (including phenoxy) is 2. The summed E-state index contributed by atoms with van der Waals surface area (Å²) in [6.45, 7) is 4.60. The summed E-state index contributed by atoms with van der Waals surface area (Å²) in [5, 5.41) is 14.4. The number of nitro benzene ring substituents is 1. The molecule has 0 aliphatic carbocycles. The van der Waals surface area contributed by atoms with Gasteiger partial charge >= 0.3 is 0 Å². The van der Waals surface area contributed by atoms with E-state index < -0.39 is 10.8 Å². The van der Waals surface area contributed by atoms with Gasteiger partial charge < -0.3 is 19.4 Å². The molecule has 2 aromatic carbocycles. The van der Waals surface area contributed by atoms with Crippen LogP contribution in [0, 0.1) is 10.1 Å². The van der Waals surface area contributed by atoms with Crippen LogP contribution in [-0.4, -0.2) is 33.1 Å². The molecule has 0 unspecified atom stereocenters. The Balaban J connectivity index is 1.55. The Bertz CT molecular complexity index is 1130. The number of rotatable bonds is 7. The maximum Gasteiger partial charge on any atom is 0.294 e. The summed E-state index contributed by atoms with van der Waals surface area (Å²) >= 11 is 0. The van der Waals surface area contributed by atoms with Gasteiger partial charge in [0.05, 0.1) is 17.9 Å². The van der Waals surface area contributed by atoms with Crippen LogP contribution in [0.25, 0.3) is 5.69 Å². The second-order valence-electron chi connectivity index (χ2n) is 7.25. The number of hydrogen-bond acceptors (Lipinski definition) is 6. The quantitative estimate of drug-likeness (QED) is 0.462. The Kier molecular flexibility index (Phi) is 5.57. The number of imidazole rings is 1. The maximum absolute atomic E-state index is 12.7. The highest BCUT2D eigenvalue weighted by Gasteiger charge is 2.23. The standard InChI is InChI=1S/C22H22N4O5/c1-3-30-20-10-16-8-14(2)31-21(16)11-17(20)12-24-22(27)15-4-5-18(19(9-15)26(28)29)25-7-6-23-13-25/h4-7,9-11,13-14H,3,8,12H2,1-2H3,(H,24,27)/t14-/m0/s1.